The van der Waals surface area contributed by atoms with E-state index in [2.05, 4.69) is 4.98 Å². The van der Waals surface area contributed by atoms with Gasteiger partial charge in [-0.25, -0.2) is 18.5 Å². The summed E-state index contributed by atoms with van der Waals surface area (Å²) >= 11 is 12.4. The molecule has 8 heteroatoms. The van der Waals surface area contributed by atoms with E-state index in [1.54, 1.807) is 36.4 Å². The van der Waals surface area contributed by atoms with Crippen LogP contribution in [-0.2, 0) is 16.4 Å². The Labute approximate surface area is 184 Å². The summed E-state index contributed by atoms with van der Waals surface area (Å²) in [4.78, 5) is 4.58. The van der Waals surface area contributed by atoms with Crippen LogP contribution < -0.4 is 5.14 Å². The Bertz CT molecular complexity index is 1300. The van der Waals surface area contributed by atoms with Crippen LogP contribution in [0.4, 0.5) is 0 Å². The van der Waals surface area contributed by atoms with Gasteiger partial charge in [0.25, 0.3) is 0 Å². The molecule has 30 heavy (non-hydrogen) atoms. The molecular formula is C22H16Cl2N2O3S. The third-order valence-corrected chi connectivity index (χ3v) is 5.85. The molecular weight excluding hydrogens is 443 g/mol. The molecule has 0 bridgehead atoms. The molecule has 0 radical (unpaired) electrons. The maximum atomic E-state index is 12.2. The number of sulfonamides is 1. The lowest BCUT2D eigenvalue weighted by Crippen LogP contribution is -2.13. The van der Waals surface area contributed by atoms with Crippen molar-refractivity contribution in [2.24, 2.45) is 5.14 Å². The van der Waals surface area contributed by atoms with Crippen molar-refractivity contribution in [1.82, 2.24) is 4.98 Å². The summed E-state index contributed by atoms with van der Waals surface area (Å²) < 4.78 is 30.4. The van der Waals surface area contributed by atoms with E-state index in [4.69, 9.17) is 32.8 Å². The molecule has 0 aliphatic rings. The average Bonchev–Trinajstić information content (AvgIpc) is 3.11. The van der Waals surface area contributed by atoms with Crippen molar-refractivity contribution in [3.05, 3.63) is 94.3 Å². The molecule has 2 N–H and O–H groups in total. The van der Waals surface area contributed by atoms with Crippen LogP contribution in [-0.4, -0.2) is 13.4 Å². The number of halogens is 2. The van der Waals surface area contributed by atoms with Crippen molar-refractivity contribution in [3.8, 4) is 22.6 Å². The van der Waals surface area contributed by atoms with Gasteiger partial charge in [-0.3, -0.25) is 0 Å². The van der Waals surface area contributed by atoms with Gasteiger partial charge in [-0.2, -0.15) is 0 Å². The zero-order valence-corrected chi connectivity index (χ0v) is 17.9. The van der Waals surface area contributed by atoms with E-state index < -0.39 is 10.0 Å². The lowest BCUT2D eigenvalue weighted by molar-refractivity contribution is 0.518. The van der Waals surface area contributed by atoms with E-state index in [9.17, 15) is 8.42 Å². The molecule has 0 unspecified atom stereocenters. The molecule has 0 saturated carbocycles. The van der Waals surface area contributed by atoms with Crippen LogP contribution in [0.1, 0.15) is 11.5 Å². The molecule has 4 aromatic rings. The summed E-state index contributed by atoms with van der Waals surface area (Å²) in [5.41, 5.74) is 2.36. The molecule has 3 aromatic carbocycles. The zero-order valence-electron chi connectivity index (χ0n) is 15.5. The number of nitrogens with zero attached hydrogens (tertiary/aromatic N) is 1. The second kappa shape index (κ2) is 8.24. The van der Waals surface area contributed by atoms with Gasteiger partial charge in [0.1, 0.15) is 5.69 Å². The van der Waals surface area contributed by atoms with Crippen LogP contribution in [0.15, 0.2) is 82.1 Å². The molecule has 1 heterocycles. The normalized spacial score (nSPS) is 11.6. The summed E-state index contributed by atoms with van der Waals surface area (Å²) in [6.45, 7) is 0. The predicted molar refractivity (Wildman–Crippen MR) is 118 cm³/mol. The van der Waals surface area contributed by atoms with Crippen LogP contribution in [0.3, 0.4) is 0 Å². The van der Waals surface area contributed by atoms with E-state index in [0.717, 1.165) is 5.56 Å². The van der Waals surface area contributed by atoms with Gasteiger partial charge in [0.05, 0.1) is 4.90 Å². The van der Waals surface area contributed by atoms with Gasteiger partial charge < -0.3 is 4.42 Å². The number of rotatable bonds is 5. The number of oxazole rings is 1. The second-order valence-corrected chi connectivity index (χ2v) is 9.05. The number of aromatic nitrogens is 1. The highest BCUT2D eigenvalue weighted by molar-refractivity contribution is 7.89. The topological polar surface area (TPSA) is 86.2 Å². The van der Waals surface area contributed by atoms with Crippen LogP contribution in [0.25, 0.3) is 22.6 Å². The van der Waals surface area contributed by atoms with Gasteiger partial charge in [-0.05, 0) is 35.9 Å². The average molecular weight is 459 g/mol. The van der Waals surface area contributed by atoms with Crippen LogP contribution in [0.5, 0.6) is 0 Å². The van der Waals surface area contributed by atoms with Crippen molar-refractivity contribution in [1.29, 1.82) is 0 Å². The Morgan fingerprint density at radius 2 is 1.53 bits per heavy atom. The molecule has 0 amide bonds. The highest BCUT2D eigenvalue weighted by Gasteiger charge is 2.23. The molecule has 0 aliphatic carbocycles. The number of primary sulfonamides is 1. The quantitative estimate of drug-likeness (QED) is 0.424. The van der Waals surface area contributed by atoms with E-state index in [0.29, 0.717) is 39.2 Å². The molecule has 0 aliphatic heterocycles. The Kier molecular flexibility index (Phi) is 5.66. The molecule has 4 rings (SSSR count). The van der Waals surface area contributed by atoms with E-state index >= 15 is 0 Å². The SMILES string of the molecule is NS(=O)(=O)c1ccccc1-c1oc(Cc2ccccc2)nc1-c1cc(Cl)cc(Cl)c1. The fraction of sp³-hybridized carbons (Fsp3) is 0.0455. The monoisotopic (exact) mass is 458 g/mol. The molecule has 0 atom stereocenters. The van der Waals surface area contributed by atoms with Crippen molar-refractivity contribution >= 4 is 33.2 Å². The second-order valence-electron chi connectivity index (χ2n) is 6.65. The molecule has 5 nitrogen and oxygen atoms in total. The van der Waals surface area contributed by atoms with E-state index in [1.165, 1.54) is 6.07 Å². The maximum absolute atomic E-state index is 12.2. The number of hydrogen-bond donors (Lipinski definition) is 1. The molecule has 152 valence electrons. The van der Waals surface area contributed by atoms with Crippen molar-refractivity contribution in [3.63, 3.8) is 0 Å². The zero-order chi connectivity index (χ0) is 21.3. The number of nitrogens with two attached hydrogens (primary N) is 1. The smallest absolute Gasteiger partial charge is 0.238 e. The first kappa shape index (κ1) is 20.6. The third kappa shape index (κ3) is 4.42. The highest BCUT2D eigenvalue weighted by Crippen LogP contribution is 2.38. The summed E-state index contributed by atoms with van der Waals surface area (Å²) in [6, 6.07) is 21.0. The maximum Gasteiger partial charge on any atom is 0.238 e. The minimum Gasteiger partial charge on any atom is -0.440 e. The third-order valence-electron chi connectivity index (χ3n) is 4.44. The minimum atomic E-state index is -3.99. The van der Waals surface area contributed by atoms with Crippen LogP contribution in [0, 0.1) is 0 Å². The molecule has 1 aromatic heterocycles. The Morgan fingerprint density at radius 1 is 0.900 bits per heavy atom. The first-order chi connectivity index (χ1) is 14.3. The highest BCUT2D eigenvalue weighted by atomic mass is 35.5. The number of benzene rings is 3. The first-order valence-corrected chi connectivity index (χ1v) is 11.2. The Morgan fingerprint density at radius 3 is 2.20 bits per heavy atom. The summed E-state index contributed by atoms with van der Waals surface area (Å²) in [5, 5.41) is 6.28. The Balaban J connectivity index is 1.93. The van der Waals surface area contributed by atoms with E-state index in [-0.39, 0.29) is 10.7 Å². The van der Waals surface area contributed by atoms with Crippen molar-refractivity contribution in [2.75, 3.05) is 0 Å². The van der Waals surface area contributed by atoms with Gasteiger partial charge in [0.15, 0.2) is 11.7 Å². The fourth-order valence-electron chi connectivity index (χ4n) is 3.18. The summed E-state index contributed by atoms with van der Waals surface area (Å²) in [6.07, 6.45) is 0.430. The lowest BCUT2D eigenvalue weighted by Gasteiger charge is -2.07. The largest absolute Gasteiger partial charge is 0.440 e. The summed E-state index contributed by atoms with van der Waals surface area (Å²) in [5.74, 6) is 0.704. The Hall–Kier alpha value is -2.64. The van der Waals surface area contributed by atoms with Crippen LogP contribution >= 0.6 is 23.2 Å². The minimum absolute atomic E-state index is 0.0539. The standard InChI is InChI=1S/C22H16Cl2N2O3S/c23-16-11-15(12-17(24)13-16)21-22(18-8-4-5-9-19(18)30(25,27)28)29-20(26-21)10-14-6-2-1-3-7-14/h1-9,11-13H,10H2,(H2,25,27,28). The van der Waals surface area contributed by atoms with Gasteiger partial charge in [-0.1, -0.05) is 65.7 Å². The van der Waals surface area contributed by atoms with Gasteiger partial charge in [0.2, 0.25) is 10.0 Å². The summed E-state index contributed by atoms with van der Waals surface area (Å²) in [7, 11) is -3.99. The predicted octanol–water partition coefficient (Wildman–Crippen LogP) is 5.55. The van der Waals surface area contributed by atoms with Gasteiger partial charge in [0, 0.05) is 27.6 Å². The fourth-order valence-corrected chi connectivity index (χ4v) is 4.44. The molecule has 0 saturated heterocycles. The number of hydrogen-bond acceptors (Lipinski definition) is 4. The van der Waals surface area contributed by atoms with Gasteiger partial charge >= 0.3 is 0 Å². The van der Waals surface area contributed by atoms with Crippen molar-refractivity contribution in [2.45, 2.75) is 11.3 Å². The first-order valence-electron chi connectivity index (χ1n) is 8.93. The van der Waals surface area contributed by atoms with Crippen LogP contribution in [0.2, 0.25) is 10.0 Å². The van der Waals surface area contributed by atoms with Gasteiger partial charge in [-0.15, -0.1) is 0 Å². The van der Waals surface area contributed by atoms with Crippen molar-refractivity contribution < 1.29 is 12.8 Å². The molecule has 0 fully saturated rings. The molecule has 0 spiro atoms. The van der Waals surface area contributed by atoms with E-state index in [1.807, 2.05) is 30.3 Å². The lowest BCUT2D eigenvalue weighted by atomic mass is 10.1.